The van der Waals surface area contributed by atoms with Crippen LogP contribution in [0.4, 0.5) is 8.78 Å². The lowest BCUT2D eigenvalue weighted by molar-refractivity contribution is -0.136. The molecule has 1 aromatic carbocycles. The van der Waals surface area contributed by atoms with Gasteiger partial charge >= 0.3 is 0 Å². The maximum Gasteiger partial charge on any atom is 0.227 e. The molecule has 0 atom stereocenters. The highest BCUT2D eigenvalue weighted by Crippen LogP contribution is 2.16. The van der Waals surface area contributed by atoms with Crippen LogP contribution in [0.3, 0.4) is 0 Å². The van der Waals surface area contributed by atoms with Gasteiger partial charge in [0.1, 0.15) is 0 Å². The molecule has 92 valence electrons. The molecule has 0 saturated carbocycles. The normalized spacial score (nSPS) is 15.8. The second-order valence-corrected chi connectivity index (χ2v) is 4.33. The van der Waals surface area contributed by atoms with E-state index in [0.717, 1.165) is 12.1 Å². The molecule has 1 aromatic rings. The third-order valence-electron chi connectivity index (χ3n) is 2.98. The first kappa shape index (κ1) is 12.0. The average Bonchev–Trinajstić information content (AvgIpc) is 2.22. The highest BCUT2D eigenvalue weighted by molar-refractivity contribution is 5.79. The van der Waals surface area contributed by atoms with Crippen molar-refractivity contribution in [1.82, 2.24) is 4.90 Å². The topological polar surface area (TPSA) is 46.3 Å². The number of carbonyl (C=O) groups excluding carboxylic acids is 1. The molecule has 1 heterocycles. The summed E-state index contributed by atoms with van der Waals surface area (Å²) in [5.74, 6) is -1.50. The van der Waals surface area contributed by atoms with E-state index in [1.54, 1.807) is 4.90 Å². The molecule has 17 heavy (non-hydrogen) atoms. The van der Waals surface area contributed by atoms with Crippen molar-refractivity contribution in [2.45, 2.75) is 6.42 Å². The molecular formula is C12H14F2N2O. The van der Waals surface area contributed by atoms with Gasteiger partial charge in [0.05, 0.1) is 6.42 Å². The van der Waals surface area contributed by atoms with Crippen molar-refractivity contribution in [3.8, 4) is 0 Å². The van der Waals surface area contributed by atoms with Gasteiger partial charge in [0.25, 0.3) is 0 Å². The summed E-state index contributed by atoms with van der Waals surface area (Å²) in [5.41, 5.74) is 5.95. The molecule has 0 aromatic heterocycles. The quantitative estimate of drug-likeness (QED) is 0.854. The summed E-state index contributed by atoms with van der Waals surface area (Å²) in [6.45, 7) is 1.91. The highest BCUT2D eigenvalue weighted by Gasteiger charge is 2.29. The zero-order valence-corrected chi connectivity index (χ0v) is 9.33. The second kappa shape index (κ2) is 4.79. The molecule has 0 radical (unpaired) electrons. The van der Waals surface area contributed by atoms with Crippen molar-refractivity contribution in [2.75, 3.05) is 19.6 Å². The van der Waals surface area contributed by atoms with Crippen LogP contribution in [0, 0.1) is 17.6 Å². The fourth-order valence-electron chi connectivity index (χ4n) is 1.86. The number of hydrogen-bond donors (Lipinski definition) is 1. The Hall–Kier alpha value is -1.49. The molecule has 0 spiro atoms. The van der Waals surface area contributed by atoms with E-state index in [4.69, 9.17) is 5.73 Å². The number of halogens is 2. The predicted molar refractivity (Wildman–Crippen MR) is 59.2 cm³/mol. The van der Waals surface area contributed by atoms with Gasteiger partial charge in [-0.05, 0) is 24.2 Å². The van der Waals surface area contributed by atoms with E-state index in [1.807, 2.05) is 0 Å². The Labute approximate surface area is 98.2 Å². The Balaban J connectivity index is 1.92. The molecule has 1 fully saturated rings. The number of carbonyl (C=O) groups is 1. The third kappa shape index (κ3) is 2.61. The number of hydrogen-bond acceptors (Lipinski definition) is 2. The van der Waals surface area contributed by atoms with Crippen LogP contribution in [0.25, 0.3) is 0 Å². The lowest BCUT2D eigenvalue weighted by Crippen LogP contribution is -2.53. The lowest BCUT2D eigenvalue weighted by Gasteiger charge is -2.38. The summed E-state index contributed by atoms with van der Waals surface area (Å²) in [6, 6.07) is 3.53. The minimum Gasteiger partial charge on any atom is -0.342 e. The van der Waals surface area contributed by atoms with E-state index < -0.39 is 11.6 Å². The minimum atomic E-state index is -0.918. The summed E-state index contributed by atoms with van der Waals surface area (Å²) in [5, 5.41) is 0. The number of rotatable bonds is 3. The Bertz CT molecular complexity index is 431. The molecule has 0 bridgehead atoms. The Morgan fingerprint density at radius 2 is 2.06 bits per heavy atom. The molecule has 0 aliphatic carbocycles. The monoisotopic (exact) mass is 240 g/mol. The van der Waals surface area contributed by atoms with Gasteiger partial charge in [-0.25, -0.2) is 8.78 Å². The highest BCUT2D eigenvalue weighted by atomic mass is 19.2. The number of benzene rings is 1. The van der Waals surface area contributed by atoms with Crippen LogP contribution >= 0.6 is 0 Å². The Kier molecular flexibility index (Phi) is 3.38. The van der Waals surface area contributed by atoms with Crippen molar-refractivity contribution in [3.05, 3.63) is 35.4 Å². The summed E-state index contributed by atoms with van der Waals surface area (Å²) in [6.07, 6.45) is 0.106. The molecule has 1 aliphatic heterocycles. The summed E-state index contributed by atoms with van der Waals surface area (Å²) < 4.78 is 25.6. The van der Waals surface area contributed by atoms with Gasteiger partial charge in [0.15, 0.2) is 11.6 Å². The van der Waals surface area contributed by atoms with Crippen molar-refractivity contribution in [2.24, 2.45) is 11.7 Å². The smallest absolute Gasteiger partial charge is 0.227 e. The molecule has 2 N–H and O–H groups in total. The summed E-state index contributed by atoms with van der Waals surface area (Å²) in [7, 11) is 0. The van der Waals surface area contributed by atoms with Gasteiger partial charge in [0.2, 0.25) is 5.91 Å². The number of likely N-dealkylation sites (tertiary alicyclic amines) is 1. The number of nitrogens with zero attached hydrogens (tertiary/aromatic N) is 1. The van der Waals surface area contributed by atoms with Crippen LogP contribution in [0.2, 0.25) is 0 Å². The van der Waals surface area contributed by atoms with Crippen molar-refractivity contribution in [3.63, 3.8) is 0 Å². The van der Waals surface area contributed by atoms with Crippen LogP contribution in [-0.2, 0) is 11.2 Å². The third-order valence-corrected chi connectivity index (χ3v) is 2.98. The second-order valence-electron chi connectivity index (χ2n) is 4.33. The van der Waals surface area contributed by atoms with Crippen molar-refractivity contribution < 1.29 is 13.6 Å². The standard InChI is InChI=1S/C12H14F2N2O/c13-10-2-1-8(3-11(10)14)4-12(17)16-6-9(5-15)7-16/h1-3,9H,4-7,15H2. The fourth-order valence-corrected chi connectivity index (χ4v) is 1.86. The van der Waals surface area contributed by atoms with Gasteiger partial charge in [-0.15, -0.1) is 0 Å². The first-order valence-corrected chi connectivity index (χ1v) is 5.52. The molecule has 1 saturated heterocycles. The van der Waals surface area contributed by atoms with Gasteiger partial charge < -0.3 is 10.6 Å². The molecular weight excluding hydrogens is 226 g/mol. The summed E-state index contributed by atoms with van der Waals surface area (Å²) in [4.78, 5) is 13.4. The largest absolute Gasteiger partial charge is 0.342 e. The van der Waals surface area contributed by atoms with Crippen LogP contribution in [0.1, 0.15) is 5.56 Å². The van der Waals surface area contributed by atoms with Gasteiger partial charge in [0, 0.05) is 19.0 Å². The maximum absolute atomic E-state index is 12.9. The zero-order valence-electron chi connectivity index (χ0n) is 9.33. The lowest BCUT2D eigenvalue weighted by atomic mass is 9.99. The fraction of sp³-hybridized carbons (Fsp3) is 0.417. The SMILES string of the molecule is NCC1CN(C(=O)Cc2ccc(F)c(F)c2)C1. The van der Waals surface area contributed by atoms with Crippen molar-refractivity contribution in [1.29, 1.82) is 0 Å². The first-order chi connectivity index (χ1) is 8.10. The molecule has 3 nitrogen and oxygen atoms in total. The van der Waals surface area contributed by atoms with Crippen molar-refractivity contribution >= 4 is 5.91 Å². The molecule has 0 unspecified atom stereocenters. The van der Waals surface area contributed by atoms with Crippen LogP contribution < -0.4 is 5.73 Å². The molecule has 5 heteroatoms. The van der Waals surface area contributed by atoms with E-state index in [9.17, 15) is 13.6 Å². The van der Waals surface area contributed by atoms with E-state index >= 15 is 0 Å². The average molecular weight is 240 g/mol. The zero-order chi connectivity index (χ0) is 12.4. The Morgan fingerprint density at radius 3 is 2.65 bits per heavy atom. The Morgan fingerprint density at radius 1 is 1.35 bits per heavy atom. The number of amides is 1. The minimum absolute atomic E-state index is 0.0688. The van der Waals surface area contributed by atoms with E-state index in [-0.39, 0.29) is 12.3 Å². The van der Waals surface area contributed by atoms with Gasteiger partial charge in [-0.1, -0.05) is 6.07 Å². The van der Waals surface area contributed by atoms with Crippen LogP contribution in [0.5, 0.6) is 0 Å². The summed E-state index contributed by atoms with van der Waals surface area (Å²) >= 11 is 0. The first-order valence-electron chi connectivity index (χ1n) is 5.52. The molecule has 1 aliphatic rings. The van der Waals surface area contributed by atoms with Gasteiger partial charge in [-0.3, -0.25) is 4.79 Å². The maximum atomic E-state index is 12.9. The van der Waals surface area contributed by atoms with Gasteiger partial charge in [-0.2, -0.15) is 0 Å². The van der Waals surface area contributed by atoms with Crippen LogP contribution in [-0.4, -0.2) is 30.4 Å². The molecule has 2 rings (SSSR count). The number of nitrogens with two attached hydrogens (primary N) is 1. The molecule has 1 amide bonds. The van der Waals surface area contributed by atoms with E-state index in [1.165, 1.54) is 6.07 Å². The van der Waals surface area contributed by atoms with Crippen LogP contribution in [0.15, 0.2) is 18.2 Å². The predicted octanol–water partition coefficient (Wildman–Crippen LogP) is 0.924. The van der Waals surface area contributed by atoms with E-state index in [2.05, 4.69) is 0 Å². The van der Waals surface area contributed by atoms with E-state index in [0.29, 0.717) is 31.1 Å².